The molecule has 1 saturated carbocycles. The van der Waals surface area contributed by atoms with Crippen molar-refractivity contribution in [1.82, 2.24) is 10.6 Å². The Morgan fingerprint density at radius 2 is 2.20 bits per heavy atom. The maximum absolute atomic E-state index is 11.4. The van der Waals surface area contributed by atoms with E-state index in [4.69, 9.17) is 0 Å². The maximum Gasteiger partial charge on any atom is 0.234 e. The van der Waals surface area contributed by atoms with Crippen molar-refractivity contribution in [3.05, 3.63) is 0 Å². The molecule has 15 heavy (non-hydrogen) atoms. The molecule has 4 nitrogen and oxygen atoms in total. The molecule has 88 valence electrons. The Morgan fingerprint density at radius 3 is 2.67 bits per heavy atom. The van der Waals surface area contributed by atoms with E-state index in [1.54, 1.807) is 0 Å². The Labute approximate surface area is 91.4 Å². The minimum atomic E-state index is -0.619. The van der Waals surface area contributed by atoms with Crippen molar-refractivity contribution in [1.29, 1.82) is 0 Å². The van der Waals surface area contributed by atoms with Crippen LogP contribution in [0.25, 0.3) is 0 Å². The fourth-order valence-corrected chi connectivity index (χ4v) is 1.50. The second-order valence-electron chi connectivity index (χ2n) is 4.54. The number of aliphatic hydroxyl groups is 1. The summed E-state index contributed by atoms with van der Waals surface area (Å²) in [6.07, 6.45) is 3.70. The van der Waals surface area contributed by atoms with Gasteiger partial charge < -0.3 is 15.7 Å². The summed E-state index contributed by atoms with van der Waals surface area (Å²) in [5.74, 6) is -0.0318. The number of hydrogen-bond donors (Lipinski definition) is 3. The first-order valence-electron chi connectivity index (χ1n) is 5.78. The van der Waals surface area contributed by atoms with Crippen LogP contribution in [0.1, 0.15) is 39.5 Å². The summed E-state index contributed by atoms with van der Waals surface area (Å²) in [5.41, 5.74) is -0.619. The van der Waals surface area contributed by atoms with Gasteiger partial charge in [0.25, 0.3) is 0 Å². The third kappa shape index (κ3) is 4.18. The highest BCUT2D eigenvalue weighted by molar-refractivity contribution is 5.78. The average Bonchev–Trinajstić information content (AvgIpc) is 2.20. The van der Waals surface area contributed by atoms with Crippen LogP contribution >= 0.6 is 0 Å². The predicted molar refractivity (Wildman–Crippen MR) is 59.6 cm³/mol. The molecule has 0 aromatic rings. The largest absolute Gasteiger partial charge is 0.388 e. The minimum absolute atomic E-state index is 0.0318. The lowest BCUT2D eigenvalue weighted by Gasteiger charge is -2.36. The minimum Gasteiger partial charge on any atom is -0.388 e. The molecule has 1 atom stereocenters. The van der Waals surface area contributed by atoms with E-state index in [1.165, 1.54) is 0 Å². The molecule has 0 radical (unpaired) electrons. The molecule has 0 aromatic heterocycles. The van der Waals surface area contributed by atoms with Crippen LogP contribution in [0.5, 0.6) is 0 Å². The number of hydrogen-bond acceptors (Lipinski definition) is 3. The molecule has 1 aliphatic carbocycles. The van der Waals surface area contributed by atoms with Gasteiger partial charge in [-0.2, -0.15) is 0 Å². The highest BCUT2D eigenvalue weighted by atomic mass is 16.3. The van der Waals surface area contributed by atoms with Crippen molar-refractivity contribution in [2.24, 2.45) is 0 Å². The lowest BCUT2D eigenvalue weighted by Crippen LogP contribution is -2.49. The summed E-state index contributed by atoms with van der Waals surface area (Å²) in [7, 11) is 0. The highest BCUT2D eigenvalue weighted by Gasteiger charge is 2.34. The normalized spacial score (nSPS) is 20.5. The smallest absolute Gasteiger partial charge is 0.234 e. The molecule has 0 saturated heterocycles. The van der Waals surface area contributed by atoms with E-state index in [0.29, 0.717) is 19.1 Å². The van der Waals surface area contributed by atoms with Gasteiger partial charge in [-0.15, -0.1) is 0 Å². The van der Waals surface area contributed by atoms with E-state index < -0.39 is 5.60 Å². The van der Waals surface area contributed by atoms with Gasteiger partial charge in [-0.05, 0) is 32.6 Å². The van der Waals surface area contributed by atoms with Gasteiger partial charge in [0, 0.05) is 12.6 Å². The van der Waals surface area contributed by atoms with Crippen LogP contribution in [0.3, 0.4) is 0 Å². The number of nitrogens with one attached hydrogen (secondary N) is 2. The summed E-state index contributed by atoms with van der Waals surface area (Å²) in [4.78, 5) is 11.4. The van der Waals surface area contributed by atoms with Gasteiger partial charge in [-0.25, -0.2) is 0 Å². The number of amides is 1. The van der Waals surface area contributed by atoms with Gasteiger partial charge in [0.05, 0.1) is 12.1 Å². The molecule has 3 N–H and O–H groups in total. The van der Waals surface area contributed by atoms with Gasteiger partial charge >= 0.3 is 0 Å². The monoisotopic (exact) mass is 214 g/mol. The molecule has 0 heterocycles. The van der Waals surface area contributed by atoms with Gasteiger partial charge in [0.1, 0.15) is 0 Å². The Balaban J connectivity index is 2.08. The zero-order valence-electron chi connectivity index (χ0n) is 9.68. The number of carbonyl (C=O) groups is 1. The zero-order valence-corrected chi connectivity index (χ0v) is 9.68. The van der Waals surface area contributed by atoms with E-state index in [-0.39, 0.29) is 5.91 Å². The molecule has 0 aliphatic heterocycles. The molecule has 0 aromatic carbocycles. The van der Waals surface area contributed by atoms with Crippen molar-refractivity contribution in [3.63, 3.8) is 0 Å². The Bertz CT molecular complexity index is 215. The molecule has 1 aliphatic rings. The Kier molecular flexibility index (Phi) is 4.54. The molecular weight excluding hydrogens is 192 g/mol. The summed E-state index contributed by atoms with van der Waals surface area (Å²) in [6, 6.07) is 0.363. The van der Waals surface area contributed by atoms with Crippen LogP contribution in [0, 0.1) is 0 Å². The van der Waals surface area contributed by atoms with Crippen molar-refractivity contribution in [2.45, 2.75) is 51.2 Å². The summed E-state index contributed by atoms with van der Waals surface area (Å²) < 4.78 is 0. The first kappa shape index (κ1) is 12.5. The van der Waals surface area contributed by atoms with Crippen LogP contribution in [0.15, 0.2) is 0 Å². The highest BCUT2D eigenvalue weighted by Crippen LogP contribution is 2.30. The molecule has 0 bridgehead atoms. The summed E-state index contributed by atoms with van der Waals surface area (Å²) in [5, 5.41) is 15.6. The first-order chi connectivity index (χ1) is 7.06. The van der Waals surface area contributed by atoms with E-state index in [1.807, 2.05) is 6.92 Å². The lowest BCUT2D eigenvalue weighted by molar-refractivity contribution is -0.122. The van der Waals surface area contributed by atoms with Crippen molar-refractivity contribution in [3.8, 4) is 0 Å². The Morgan fingerprint density at radius 1 is 1.53 bits per heavy atom. The maximum atomic E-state index is 11.4. The molecule has 4 heteroatoms. The fourth-order valence-electron chi connectivity index (χ4n) is 1.50. The van der Waals surface area contributed by atoms with Gasteiger partial charge in [0.2, 0.25) is 5.91 Å². The molecule has 1 fully saturated rings. The van der Waals surface area contributed by atoms with E-state index >= 15 is 0 Å². The second kappa shape index (κ2) is 5.47. The molecule has 1 rings (SSSR count). The molecule has 0 spiro atoms. The van der Waals surface area contributed by atoms with Crippen molar-refractivity contribution >= 4 is 5.91 Å². The third-order valence-corrected chi connectivity index (χ3v) is 3.12. The van der Waals surface area contributed by atoms with Gasteiger partial charge in [-0.1, -0.05) is 6.92 Å². The fraction of sp³-hybridized carbons (Fsp3) is 0.909. The lowest BCUT2D eigenvalue weighted by atomic mass is 9.80. The number of rotatable bonds is 6. The van der Waals surface area contributed by atoms with Crippen LogP contribution in [-0.4, -0.2) is 35.7 Å². The standard InChI is InChI=1S/C11H22N2O2/c1-3-9(2)12-7-10(14)13-8-11(15)5-4-6-11/h9,12,15H,3-8H2,1-2H3,(H,13,14). The van der Waals surface area contributed by atoms with Crippen LogP contribution in [0.2, 0.25) is 0 Å². The summed E-state index contributed by atoms with van der Waals surface area (Å²) >= 11 is 0. The van der Waals surface area contributed by atoms with E-state index in [0.717, 1.165) is 25.7 Å². The van der Waals surface area contributed by atoms with Crippen LogP contribution < -0.4 is 10.6 Å². The van der Waals surface area contributed by atoms with Crippen LogP contribution in [-0.2, 0) is 4.79 Å². The SMILES string of the molecule is CCC(C)NCC(=O)NCC1(O)CCC1. The second-order valence-corrected chi connectivity index (χ2v) is 4.54. The summed E-state index contributed by atoms with van der Waals surface area (Å²) in [6.45, 7) is 4.86. The Hall–Kier alpha value is -0.610. The van der Waals surface area contributed by atoms with Crippen molar-refractivity contribution in [2.75, 3.05) is 13.1 Å². The van der Waals surface area contributed by atoms with E-state index in [2.05, 4.69) is 17.6 Å². The molecule has 1 amide bonds. The topological polar surface area (TPSA) is 61.4 Å². The average molecular weight is 214 g/mol. The first-order valence-corrected chi connectivity index (χ1v) is 5.78. The number of carbonyl (C=O) groups excluding carboxylic acids is 1. The van der Waals surface area contributed by atoms with Gasteiger partial charge in [0.15, 0.2) is 0 Å². The quantitative estimate of drug-likeness (QED) is 0.600. The predicted octanol–water partition coefficient (Wildman–Crippen LogP) is 0.406. The van der Waals surface area contributed by atoms with E-state index in [9.17, 15) is 9.90 Å². The van der Waals surface area contributed by atoms with Crippen LogP contribution in [0.4, 0.5) is 0 Å². The molecular formula is C11H22N2O2. The van der Waals surface area contributed by atoms with Crippen molar-refractivity contribution < 1.29 is 9.90 Å². The molecule has 1 unspecified atom stereocenters. The zero-order chi connectivity index (χ0) is 11.3. The van der Waals surface area contributed by atoms with Gasteiger partial charge in [-0.3, -0.25) is 4.79 Å². The third-order valence-electron chi connectivity index (χ3n) is 3.12.